The van der Waals surface area contributed by atoms with Gasteiger partial charge in [0, 0.05) is 39.5 Å². The Hall–Kier alpha value is -0.960. The van der Waals surface area contributed by atoms with Gasteiger partial charge >= 0.3 is 0 Å². The third-order valence-electron chi connectivity index (χ3n) is 3.77. The molecular formula is C13H24N4O3S. The predicted molar refractivity (Wildman–Crippen MR) is 79.3 cm³/mol. The summed E-state index contributed by atoms with van der Waals surface area (Å²) >= 11 is 0. The predicted octanol–water partition coefficient (Wildman–Crippen LogP) is 0.279. The van der Waals surface area contributed by atoms with Crippen molar-refractivity contribution in [3.8, 4) is 0 Å². The Balaban J connectivity index is 2.00. The maximum Gasteiger partial charge on any atom is 0.245 e. The molecule has 120 valence electrons. The molecule has 7 nitrogen and oxygen atoms in total. The third kappa shape index (κ3) is 4.26. The van der Waals surface area contributed by atoms with Crippen molar-refractivity contribution in [2.75, 3.05) is 33.4 Å². The number of sulfonamides is 1. The molecule has 1 saturated heterocycles. The maximum absolute atomic E-state index is 12.5. The standard InChI is InChI=1S/C13H24N4O3S/c1-16(10-12-3-7-20-8-4-12)21(18,19)13-9-15-17(11-13)6-2-5-14/h9,11-12H,2-8,10,14H2,1H3. The number of ether oxygens (including phenoxy) is 1. The summed E-state index contributed by atoms with van der Waals surface area (Å²) in [4.78, 5) is 0.245. The molecule has 1 aliphatic rings. The van der Waals surface area contributed by atoms with Gasteiger partial charge in [-0.1, -0.05) is 0 Å². The van der Waals surface area contributed by atoms with Gasteiger partial charge in [-0.05, 0) is 31.7 Å². The fraction of sp³-hybridized carbons (Fsp3) is 0.769. The molecule has 1 fully saturated rings. The molecule has 0 aliphatic carbocycles. The zero-order valence-electron chi connectivity index (χ0n) is 12.4. The number of aryl methyl sites for hydroxylation is 1. The Bertz CT molecular complexity index is 537. The molecule has 0 bridgehead atoms. The lowest BCUT2D eigenvalue weighted by Crippen LogP contribution is -2.34. The summed E-state index contributed by atoms with van der Waals surface area (Å²) in [7, 11) is -1.84. The normalized spacial score (nSPS) is 17.5. The number of rotatable bonds is 7. The van der Waals surface area contributed by atoms with E-state index in [1.165, 1.54) is 10.5 Å². The van der Waals surface area contributed by atoms with E-state index >= 15 is 0 Å². The van der Waals surface area contributed by atoms with Crippen LogP contribution in [0.1, 0.15) is 19.3 Å². The molecule has 0 unspecified atom stereocenters. The largest absolute Gasteiger partial charge is 0.381 e. The first-order valence-electron chi connectivity index (χ1n) is 7.30. The molecule has 21 heavy (non-hydrogen) atoms. The minimum absolute atomic E-state index is 0.245. The van der Waals surface area contributed by atoms with Crippen LogP contribution in [0.5, 0.6) is 0 Å². The first-order chi connectivity index (χ1) is 10.0. The lowest BCUT2D eigenvalue weighted by molar-refractivity contribution is 0.0620. The first kappa shape index (κ1) is 16.4. The summed E-state index contributed by atoms with van der Waals surface area (Å²) in [5.41, 5.74) is 5.44. The molecule has 2 heterocycles. The van der Waals surface area contributed by atoms with Gasteiger partial charge in [0.1, 0.15) is 4.90 Å². The fourth-order valence-electron chi connectivity index (χ4n) is 2.42. The molecule has 8 heteroatoms. The van der Waals surface area contributed by atoms with Gasteiger partial charge in [0.25, 0.3) is 0 Å². The molecule has 1 aliphatic heterocycles. The summed E-state index contributed by atoms with van der Waals surface area (Å²) in [6.07, 6.45) is 5.59. The average Bonchev–Trinajstić information content (AvgIpc) is 2.95. The van der Waals surface area contributed by atoms with Crippen LogP contribution in [0.4, 0.5) is 0 Å². The molecule has 0 amide bonds. The second-order valence-electron chi connectivity index (χ2n) is 5.42. The van der Waals surface area contributed by atoms with Crippen LogP contribution in [-0.2, 0) is 21.3 Å². The quantitative estimate of drug-likeness (QED) is 0.780. The molecule has 1 aromatic rings. The molecule has 0 spiro atoms. The van der Waals surface area contributed by atoms with Crippen LogP contribution in [0.15, 0.2) is 17.3 Å². The Labute approximate surface area is 126 Å². The van der Waals surface area contributed by atoms with Crippen LogP contribution in [-0.4, -0.2) is 55.9 Å². The van der Waals surface area contributed by atoms with E-state index in [1.807, 2.05) is 0 Å². The van der Waals surface area contributed by atoms with E-state index in [0.717, 1.165) is 32.5 Å². The number of nitrogens with two attached hydrogens (primary N) is 1. The summed E-state index contributed by atoms with van der Waals surface area (Å²) in [5, 5.41) is 4.08. The monoisotopic (exact) mass is 316 g/mol. The van der Waals surface area contributed by atoms with Crippen molar-refractivity contribution in [2.24, 2.45) is 11.7 Å². The first-order valence-corrected chi connectivity index (χ1v) is 8.74. The van der Waals surface area contributed by atoms with E-state index in [-0.39, 0.29) is 4.90 Å². The van der Waals surface area contributed by atoms with Crippen LogP contribution in [0.2, 0.25) is 0 Å². The molecule has 0 radical (unpaired) electrons. The Morgan fingerprint density at radius 2 is 2.19 bits per heavy atom. The van der Waals surface area contributed by atoms with Crippen LogP contribution in [0, 0.1) is 5.92 Å². The number of hydrogen-bond donors (Lipinski definition) is 1. The second kappa shape index (κ2) is 7.35. The average molecular weight is 316 g/mol. The zero-order chi connectivity index (χ0) is 15.3. The van der Waals surface area contributed by atoms with Crippen molar-refractivity contribution in [2.45, 2.75) is 30.7 Å². The topological polar surface area (TPSA) is 90.5 Å². The van der Waals surface area contributed by atoms with E-state index in [0.29, 0.717) is 25.6 Å². The van der Waals surface area contributed by atoms with Gasteiger partial charge in [0.2, 0.25) is 10.0 Å². The lowest BCUT2D eigenvalue weighted by atomic mass is 10.0. The van der Waals surface area contributed by atoms with Crippen molar-refractivity contribution < 1.29 is 13.2 Å². The van der Waals surface area contributed by atoms with Crippen LogP contribution in [0.25, 0.3) is 0 Å². The van der Waals surface area contributed by atoms with Crippen molar-refractivity contribution in [1.29, 1.82) is 0 Å². The minimum atomic E-state index is -3.46. The van der Waals surface area contributed by atoms with Crippen molar-refractivity contribution >= 4 is 10.0 Å². The highest BCUT2D eigenvalue weighted by Crippen LogP contribution is 2.20. The Morgan fingerprint density at radius 3 is 2.86 bits per heavy atom. The molecule has 0 aromatic carbocycles. The smallest absolute Gasteiger partial charge is 0.245 e. The van der Waals surface area contributed by atoms with Gasteiger partial charge in [-0.2, -0.15) is 5.10 Å². The van der Waals surface area contributed by atoms with Gasteiger partial charge in [-0.3, -0.25) is 4.68 Å². The van der Waals surface area contributed by atoms with Crippen LogP contribution >= 0.6 is 0 Å². The van der Waals surface area contributed by atoms with Crippen molar-refractivity contribution in [1.82, 2.24) is 14.1 Å². The highest BCUT2D eigenvalue weighted by Gasteiger charge is 2.26. The van der Waals surface area contributed by atoms with Gasteiger partial charge in [0.15, 0.2) is 0 Å². The summed E-state index contributed by atoms with van der Waals surface area (Å²) in [6, 6.07) is 0. The zero-order valence-corrected chi connectivity index (χ0v) is 13.3. The van der Waals surface area contributed by atoms with Crippen LogP contribution < -0.4 is 5.73 Å². The lowest BCUT2D eigenvalue weighted by Gasteiger charge is -2.26. The third-order valence-corrected chi connectivity index (χ3v) is 5.54. The number of hydrogen-bond acceptors (Lipinski definition) is 5. The van der Waals surface area contributed by atoms with Crippen LogP contribution in [0.3, 0.4) is 0 Å². The molecule has 2 rings (SSSR count). The molecule has 1 aromatic heterocycles. The molecule has 2 N–H and O–H groups in total. The van der Waals surface area contributed by atoms with E-state index in [9.17, 15) is 8.42 Å². The number of aromatic nitrogens is 2. The summed E-state index contributed by atoms with van der Waals surface area (Å²) < 4.78 is 33.4. The van der Waals surface area contributed by atoms with Gasteiger partial charge in [-0.25, -0.2) is 12.7 Å². The van der Waals surface area contributed by atoms with Crippen molar-refractivity contribution in [3.63, 3.8) is 0 Å². The summed E-state index contributed by atoms with van der Waals surface area (Å²) in [5.74, 6) is 0.366. The molecular weight excluding hydrogens is 292 g/mol. The maximum atomic E-state index is 12.5. The van der Waals surface area contributed by atoms with Gasteiger partial charge < -0.3 is 10.5 Å². The van der Waals surface area contributed by atoms with Crippen molar-refractivity contribution in [3.05, 3.63) is 12.4 Å². The van der Waals surface area contributed by atoms with Gasteiger partial charge in [-0.15, -0.1) is 0 Å². The molecule has 0 atom stereocenters. The van der Waals surface area contributed by atoms with E-state index in [1.54, 1.807) is 17.9 Å². The number of nitrogens with zero attached hydrogens (tertiary/aromatic N) is 3. The second-order valence-corrected chi connectivity index (χ2v) is 7.47. The fourth-order valence-corrected chi connectivity index (χ4v) is 3.63. The SMILES string of the molecule is CN(CC1CCOCC1)S(=O)(=O)c1cnn(CCCN)c1. The molecule has 0 saturated carbocycles. The van der Waals surface area contributed by atoms with E-state index in [4.69, 9.17) is 10.5 Å². The highest BCUT2D eigenvalue weighted by molar-refractivity contribution is 7.89. The highest BCUT2D eigenvalue weighted by atomic mass is 32.2. The van der Waals surface area contributed by atoms with Gasteiger partial charge in [0.05, 0.1) is 6.20 Å². The summed E-state index contributed by atoms with van der Waals surface area (Å²) in [6.45, 7) is 3.16. The minimum Gasteiger partial charge on any atom is -0.381 e. The Kier molecular flexibility index (Phi) is 5.74. The van der Waals surface area contributed by atoms with E-state index in [2.05, 4.69) is 5.10 Å². The Morgan fingerprint density at radius 1 is 1.48 bits per heavy atom. The van der Waals surface area contributed by atoms with E-state index < -0.39 is 10.0 Å².